The molecule has 0 saturated heterocycles. The van der Waals surface area contributed by atoms with E-state index in [0.717, 1.165) is 23.2 Å². The molecule has 0 aromatic carbocycles. The zero-order valence-corrected chi connectivity index (χ0v) is 10.9. The number of hydrogen-bond donors (Lipinski definition) is 1. The zero-order chi connectivity index (χ0) is 12.5. The molecular formula is C13H14N4S. The number of rotatable bonds is 3. The second-order valence-electron chi connectivity index (χ2n) is 4.36. The van der Waals surface area contributed by atoms with Crippen molar-refractivity contribution in [1.82, 2.24) is 14.8 Å². The van der Waals surface area contributed by atoms with Gasteiger partial charge in [0.1, 0.15) is 0 Å². The summed E-state index contributed by atoms with van der Waals surface area (Å²) in [4.78, 5) is 4.41. The fourth-order valence-electron chi connectivity index (χ4n) is 1.98. The van der Waals surface area contributed by atoms with Gasteiger partial charge in [0.2, 0.25) is 0 Å². The van der Waals surface area contributed by atoms with Crippen LogP contribution in [0.1, 0.15) is 17.3 Å². The average molecular weight is 258 g/mol. The van der Waals surface area contributed by atoms with Crippen molar-refractivity contribution in [3.63, 3.8) is 0 Å². The fourth-order valence-corrected chi connectivity index (χ4v) is 2.77. The van der Waals surface area contributed by atoms with Gasteiger partial charge in [0.25, 0.3) is 0 Å². The molecule has 0 bridgehead atoms. The molecule has 1 atom stereocenters. The topological polar surface area (TPSA) is 56.7 Å². The second kappa shape index (κ2) is 4.51. The van der Waals surface area contributed by atoms with Crippen LogP contribution in [0, 0.1) is 0 Å². The Bertz CT molecular complexity index is 670. The van der Waals surface area contributed by atoms with Crippen LogP contribution in [0.5, 0.6) is 0 Å². The molecule has 0 radical (unpaired) electrons. The maximum atomic E-state index is 6.21. The largest absolute Gasteiger partial charge is 0.324 e. The smallest absolute Gasteiger partial charge is 0.0809 e. The van der Waals surface area contributed by atoms with E-state index in [2.05, 4.69) is 16.1 Å². The van der Waals surface area contributed by atoms with Crippen LogP contribution in [0.3, 0.4) is 0 Å². The molecule has 0 spiro atoms. The first-order valence-corrected chi connectivity index (χ1v) is 6.67. The Kier molecular flexibility index (Phi) is 2.85. The molecule has 0 saturated carbocycles. The molecule has 3 rings (SSSR count). The third-order valence-corrected chi connectivity index (χ3v) is 3.80. The van der Waals surface area contributed by atoms with E-state index in [0.29, 0.717) is 0 Å². The number of hydrogen-bond acceptors (Lipinski definition) is 4. The highest BCUT2D eigenvalue weighted by molar-refractivity contribution is 7.17. The molecule has 0 fully saturated rings. The summed E-state index contributed by atoms with van der Waals surface area (Å²) < 4.78 is 2.98. The number of aryl methyl sites for hydroxylation is 1. The standard InChI is InChI=1S/C13H14N4S/c1-17-4-2-10(16-17)7-11(14)9-6-13-12(15-8-9)3-5-18-13/h2-6,8,11H,7,14H2,1H3. The molecular weight excluding hydrogens is 244 g/mol. The van der Waals surface area contributed by atoms with Crippen molar-refractivity contribution < 1.29 is 0 Å². The Hall–Kier alpha value is -1.72. The van der Waals surface area contributed by atoms with E-state index in [1.165, 1.54) is 4.70 Å². The molecule has 3 aromatic rings. The van der Waals surface area contributed by atoms with Crippen molar-refractivity contribution in [2.24, 2.45) is 12.8 Å². The summed E-state index contributed by atoms with van der Waals surface area (Å²) in [6.07, 6.45) is 4.53. The molecule has 3 heterocycles. The molecule has 4 nitrogen and oxygen atoms in total. The van der Waals surface area contributed by atoms with Gasteiger partial charge in [-0.1, -0.05) is 0 Å². The minimum Gasteiger partial charge on any atom is -0.324 e. The normalized spacial score (nSPS) is 13.0. The lowest BCUT2D eigenvalue weighted by molar-refractivity contribution is 0.674. The van der Waals surface area contributed by atoms with Gasteiger partial charge in [-0.25, -0.2) is 0 Å². The lowest BCUT2D eigenvalue weighted by atomic mass is 10.1. The van der Waals surface area contributed by atoms with Crippen molar-refractivity contribution in [3.05, 3.63) is 47.2 Å². The number of aromatic nitrogens is 3. The van der Waals surface area contributed by atoms with Gasteiger partial charge in [0, 0.05) is 31.9 Å². The highest BCUT2D eigenvalue weighted by Crippen LogP contribution is 2.23. The van der Waals surface area contributed by atoms with E-state index < -0.39 is 0 Å². The lowest BCUT2D eigenvalue weighted by Gasteiger charge is -2.09. The van der Waals surface area contributed by atoms with Gasteiger partial charge in [-0.3, -0.25) is 9.67 Å². The third-order valence-electron chi connectivity index (χ3n) is 2.95. The van der Waals surface area contributed by atoms with Crippen LogP contribution in [0.2, 0.25) is 0 Å². The summed E-state index contributed by atoms with van der Waals surface area (Å²) in [7, 11) is 1.91. The van der Waals surface area contributed by atoms with Gasteiger partial charge in [0.15, 0.2) is 0 Å². The van der Waals surface area contributed by atoms with Crippen LogP contribution in [-0.2, 0) is 13.5 Å². The molecule has 2 N–H and O–H groups in total. The Labute approximate surface area is 109 Å². The van der Waals surface area contributed by atoms with Gasteiger partial charge in [-0.05, 0) is 29.1 Å². The Balaban J connectivity index is 1.84. The molecule has 3 aromatic heterocycles. The molecule has 1 unspecified atom stereocenters. The van der Waals surface area contributed by atoms with Crippen molar-refractivity contribution in [1.29, 1.82) is 0 Å². The monoisotopic (exact) mass is 258 g/mol. The predicted molar refractivity (Wildman–Crippen MR) is 73.5 cm³/mol. The maximum absolute atomic E-state index is 6.21. The first-order chi connectivity index (χ1) is 8.72. The van der Waals surface area contributed by atoms with E-state index in [1.807, 2.05) is 37.0 Å². The average Bonchev–Trinajstić information content (AvgIpc) is 2.96. The fraction of sp³-hybridized carbons (Fsp3) is 0.231. The molecule has 0 amide bonds. The molecule has 92 valence electrons. The van der Waals surface area contributed by atoms with Crippen LogP contribution < -0.4 is 5.73 Å². The van der Waals surface area contributed by atoms with E-state index in [4.69, 9.17) is 5.73 Å². The number of nitrogens with two attached hydrogens (primary N) is 1. The molecule has 18 heavy (non-hydrogen) atoms. The van der Waals surface area contributed by atoms with Crippen molar-refractivity contribution in [3.8, 4) is 0 Å². The highest BCUT2D eigenvalue weighted by Gasteiger charge is 2.10. The zero-order valence-electron chi connectivity index (χ0n) is 10.1. The van der Waals surface area contributed by atoms with E-state index in [-0.39, 0.29) is 6.04 Å². The van der Waals surface area contributed by atoms with Crippen LogP contribution in [0.15, 0.2) is 36.0 Å². The molecule has 0 aliphatic carbocycles. The summed E-state index contributed by atoms with van der Waals surface area (Å²) in [6, 6.07) is 6.09. The van der Waals surface area contributed by atoms with Gasteiger partial charge in [-0.15, -0.1) is 11.3 Å². The minimum atomic E-state index is -0.0566. The highest BCUT2D eigenvalue weighted by atomic mass is 32.1. The number of pyridine rings is 1. The van der Waals surface area contributed by atoms with Gasteiger partial charge in [-0.2, -0.15) is 5.10 Å². The van der Waals surface area contributed by atoms with E-state index in [1.54, 1.807) is 16.0 Å². The number of thiophene rings is 1. The number of fused-ring (bicyclic) bond motifs is 1. The van der Waals surface area contributed by atoms with E-state index in [9.17, 15) is 0 Å². The van der Waals surface area contributed by atoms with Crippen molar-refractivity contribution in [2.75, 3.05) is 0 Å². The van der Waals surface area contributed by atoms with Gasteiger partial charge >= 0.3 is 0 Å². The number of nitrogens with zero attached hydrogens (tertiary/aromatic N) is 3. The summed E-state index contributed by atoms with van der Waals surface area (Å²) in [5, 5.41) is 6.39. The minimum absolute atomic E-state index is 0.0566. The summed E-state index contributed by atoms with van der Waals surface area (Å²) in [6.45, 7) is 0. The van der Waals surface area contributed by atoms with Crippen molar-refractivity contribution in [2.45, 2.75) is 12.5 Å². The predicted octanol–water partition coefficient (Wildman–Crippen LogP) is 2.27. The van der Waals surface area contributed by atoms with Crippen LogP contribution in [-0.4, -0.2) is 14.8 Å². The van der Waals surface area contributed by atoms with Gasteiger partial charge in [0.05, 0.1) is 15.9 Å². The SMILES string of the molecule is Cn1ccc(CC(N)c2cnc3ccsc3c2)n1. The first kappa shape index (κ1) is 11.4. The third kappa shape index (κ3) is 2.14. The Morgan fingerprint density at radius 1 is 1.44 bits per heavy atom. The Morgan fingerprint density at radius 2 is 2.33 bits per heavy atom. The van der Waals surface area contributed by atoms with Crippen LogP contribution >= 0.6 is 11.3 Å². The van der Waals surface area contributed by atoms with Gasteiger partial charge < -0.3 is 5.73 Å². The van der Waals surface area contributed by atoms with Crippen molar-refractivity contribution >= 4 is 21.6 Å². The summed E-state index contributed by atoms with van der Waals surface area (Å²) >= 11 is 1.69. The van der Waals surface area contributed by atoms with Crippen LogP contribution in [0.4, 0.5) is 0 Å². The lowest BCUT2D eigenvalue weighted by Crippen LogP contribution is -2.14. The Morgan fingerprint density at radius 3 is 3.11 bits per heavy atom. The van der Waals surface area contributed by atoms with Crippen LogP contribution in [0.25, 0.3) is 10.2 Å². The van der Waals surface area contributed by atoms with E-state index >= 15 is 0 Å². The molecule has 0 aliphatic rings. The summed E-state index contributed by atoms with van der Waals surface area (Å²) in [5.74, 6) is 0. The molecule has 5 heteroatoms. The first-order valence-electron chi connectivity index (χ1n) is 5.79. The second-order valence-corrected chi connectivity index (χ2v) is 5.31. The maximum Gasteiger partial charge on any atom is 0.0809 e. The molecule has 0 aliphatic heterocycles. The quantitative estimate of drug-likeness (QED) is 0.784. The summed E-state index contributed by atoms with van der Waals surface area (Å²) in [5.41, 5.74) is 9.32.